The number of carboxylic acids is 1. The lowest BCUT2D eigenvalue weighted by Crippen LogP contribution is -2.46. The molecule has 0 unspecified atom stereocenters. The number of aliphatic carboxylic acids is 1. The number of amides is 2. The number of rotatable bonds is 9. The molecule has 0 aromatic carbocycles. The smallest absolute Gasteiger partial charge is 0.326 e. The van der Waals surface area contributed by atoms with Crippen molar-refractivity contribution in [1.82, 2.24) is 15.6 Å². The molecule has 8 heteroatoms. The lowest BCUT2D eigenvalue weighted by Gasteiger charge is -2.16. The maximum absolute atomic E-state index is 11.8. The van der Waals surface area contributed by atoms with Gasteiger partial charge in [0.15, 0.2) is 0 Å². The Hall–Kier alpha value is -1.96. The number of hydrogen-bond acceptors (Lipinski definition) is 5. The molecule has 0 spiro atoms. The number of carboxylic acid groups (broad SMARTS) is 1. The summed E-state index contributed by atoms with van der Waals surface area (Å²) in [6.07, 6.45) is 1.27. The number of nitrogens with zero attached hydrogens (tertiary/aromatic N) is 1. The molecule has 128 valence electrons. The first kappa shape index (κ1) is 19.1. The topological polar surface area (TPSA) is 108 Å². The summed E-state index contributed by atoms with van der Waals surface area (Å²) in [5.74, 6) is -1.76. The first-order valence-electron chi connectivity index (χ1n) is 7.54. The van der Waals surface area contributed by atoms with Gasteiger partial charge in [-0.25, -0.2) is 9.78 Å². The van der Waals surface area contributed by atoms with Crippen molar-refractivity contribution in [3.8, 4) is 0 Å². The van der Waals surface area contributed by atoms with Gasteiger partial charge < -0.3 is 15.7 Å². The number of carbonyl (C=O) groups excluding carboxylic acids is 2. The van der Waals surface area contributed by atoms with Crippen LogP contribution in [-0.2, 0) is 27.2 Å². The minimum atomic E-state index is -1.08. The van der Waals surface area contributed by atoms with E-state index in [0.717, 1.165) is 11.4 Å². The standard InChI is InChI=1S/C15H23N3O4S/c1-4-14-17-10(8-23-14)6-12(19)16-7-13(20)18-11(15(21)22)5-9(2)3/h8-9,11H,4-7H2,1-3H3,(H,16,19)(H,18,20)(H,21,22)/t11-/m0/s1. The Labute approximate surface area is 139 Å². The highest BCUT2D eigenvalue weighted by Gasteiger charge is 2.21. The van der Waals surface area contributed by atoms with Crippen molar-refractivity contribution < 1.29 is 19.5 Å². The zero-order valence-corrected chi connectivity index (χ0v) is 14.4. The first-order chi connectivity index (χ1) is 10.8. The Morgan fingerprint density at radius 1 is 1.30 bits per heavy atom. The second-order valence-corrected chi connectivity index (χ2v) is 6.57. The SMILES string of the molecule is CCc1nc(CC(=O)NCC(=O)N[C@@H](CC(C)C)C(=O)O)cs1. The van der Waals surface area contributed by atoms with Gasteiger partial charge in [0.25, 0.3) is 0 Å². The average molecular weight is 341 g/mol. The normalized spacial score (nSPS) is 12.0. The fraction of sp³-hybridized carbons (Fsp3) is 0.600. The third-order valence-electron chi connectivity index (χ3n) is 3.03. The van der Waals surface area contributed by atoms with Gasteiger partial charge in [0, 0.05) is 5.38 Å². The summed E-state index contributed by atoms with van der Waals surface area (Å²) >= 11 is 1.50. The van der Waals surface area contributed by atoms with Crippen LogP contribution in [0.15, 0.2) is 5.38 Å². The van der Waals surface area contributed by atoms with Gasteiger partial charge in [-0.15, -0.1) is 11.3 Å². The Morgan fingerprint density at radius 3 is 2.52 bits per heavy atom. The Balaban J connectivity index is 2.39. The van der Waals surface area contributed by atoms with Gasteiger partial charge in [0.2, 0.25) is 11.8 Å². The van der Waals surface area contributed by atoms with Crippen LogP contribution in [0.1, 0.15) is 37.9 Å². The van der Waals surface area contributed by atoms with E-state index in [4.69, 9.17) is 5.11 Å². The van der Waals surface area contributed by atoms with Gasteiger partial charge >= 0.3 is 5.97 Å². The zero-order valence-electron chi connectivity index (χ0n) is 13.6. The summed E-state index contributed by atoms with van der Waals surface area (Å²) in [6, 6.07) is -0.940. The van der Waals surface area contributed by atoms with E-state index in [-0.39, 0.29) is 24.8 Å². The van der Waals surface area contributed by atoms with Gasteiger partial charge in [-0.3, -0.25) is 9.59 Å². The number of aryl methyl sites for hydroxylation is 1. The molecule has 0 radical (unpaired) electrons. The first-order valence-corrected chi connectivity index (χ1v) is 8.41. The van der Waals surface area contributed by atoms with Crippen LogP contribution in [0, 0.1) is 5.92 Å². The van der Waals surface area contributed by atoms with Crippen molar-refractivity contribution in [3.05, 3.63) is 16.1 Å². The number of hydrogen-bond donors (Lipinski definition) is 3. The quantitative estimate of drug-likeness (QED) is 0.620. The van der Waals surface area contributed by atoms with E-state index >= 15 is 0 Å². The maximum atomic E-state index is 11.8. The molecule has 0 aliphatic carbocycles. The van der Waals surface area contributed by atoms with Crippen molar-refractivity contribution in [3.63, 3.8) is 0 Å². The Kier molecular flexibility index (Phi) is 7.67. The number of thiazole rings is 1. The molecular weight excluding hydrogens is 318 g/mol. The van der Waals surface area contributed by atoms with Gasteiger partial charge in [0.05, 0.1) is 23.7 Å². The molecule has 1 heterocycles. The third-order valence-corrected chi connectivity index (χ3v) is 4.07. The minimum Gasteiger partial charge on any atom is -0.480 e. The lowest BCUT2D eigenvalue weighted by atomic mass is 10.0. The number of aromatic nitrogens is 1. The summed E-state index contributed by atoms with van der Waals surface area (Å²) in [4.78, 5) is 38.9. The predicted octanol–water partition coefficient (Wildman–Crippen LogP) is 0.980. The van der Waals surface area contributed by atoms with E-state index in [9.17, 15) is 14.4 Å². The van der Waals surface area contributed by atoms with E-state index in [1.807, 2.05) is 26.2 Å². The molecule has 0 aliphatic heterocycles. The third kappa shape index (κ3) is 7.23. The largest absolute Gasteiger partial charge is 0.480 e. The van der Waals surface area contributed by atoms with Crippen LogP contribution in [0.3, 0.4) is 0 Å². The zero-order chi connectivity index (χ0) is 17.4. The van der Waals surface area contributed by atoms with Crippen LogP contribution >= 0.6 is 11.3 Å². The van der Waals surface area contributed by atoms with Gasteiger partial charge in [-0.2, -0.15) is 0 Å². The molecule has 1 aromatic rings. The van der Waals surface area contributed by atoms with Gasteiger partial charge in [-0.05, 0) is 18.8 Å². The van der Waals surface area contributed by atoms with Crippen LogP contribution in [0.4, 0.5) is 0 Å². The van der Waals surface area contributed by atoms with Crippen LogP contribution in [-0.4, -0.2) is 40.5 Å². The van der Waals surface area contributed by atoms with Crippen molar-refractivity contribution in [2.24, 2.45) is 5.92 Å². The van der Waals surface area contributed by atoms with Crippen LogP contribution in [0.5, 0.6) is 0 Å². The molecule has 0 saturated carbocycles. The van der Waals surface area contributed by atoms with Crippen LogP contribution in [0.2, 0.25) is 0 Å². The van der Waals surface area contributed by atoms with E-state index < -0.39 is 17.9 Å². The van der Waals surface area contributed by atoms with E-state index in [0.29, 0.717) is 12.1 Å². The maximum Gasteiger partial charge on any atom is 0.326 e. The fourth-order valence-corrected chi connectivity index (χ4v) is 2.68. The Morgan fingerprint density at radius 2 is 2.00 bits per heavy atom. The van der Waals surface area contributed by atoms with Crippen molar-refractivity contribution in [2.45, 2.75) is 46.1 Å². The number of nitrogens with one attached hydrogen (secondary N) is 2. The van der Waals surface area contributed by atoms with Crippen molar-refractivity contribution in [1.29, 1.82) is 0 Å². The predicted molar refractivity (Wildman–Crippen MR) is 87.2 cm³/mol. The molecule has 0 fully saturated rings. The molecular formula is C15H23N3O4S. The van der Waals surface area contributed by atoms with Crippen LogP contribution in [0.25, 0.3) is 0 Å². The Bertz CT molecular complexity index is 557. The molecule has 0 bridgehead atoms. The molecule has 1 aromatic heterocycles. The highest BCUT2D eigenvalue weighted by molar-refractivity contribution is 7.09. The van der Waals surface area contributed by atoms with E-state index in [1.54, 1.807) is 0 Å². The second-order valence-electron chi connectivity index (χ2n) is 5.63. The fourth-order valence-electron chi connectivity index (χ4n) is 1.94. The molecule has 7 nitrogen and oxygen atoms in total. The molecule has 23 heavy (non-hydrogen) atoms. The summed E-state index contributed by atoms with van der Waals surface area (Å²) < 4.78 is 0. The second kappa shape index (κ2) is 9.24. The van der Waals surface area contributed by atoms with Crippen molar-refractivity contribution in [2.75, 3.05) is 6.54 Å². The monoisotopic (exact) mass is 341 g/mol. The molecule has 1 atom stereocenters. The summed E-state index contributed by atoms with van der Waals surface area (Å²) in [5.41, 5.74) is 0.674. The van der Waals surface area contributed by atoms with E-state index in [2.05, 4.69) is 15.6 Å². The summed E-state index contributed by atoms with van der Waals surface area (Å²) in [5, 5.41) is 16.7. The molecule has 1 rings (SSSR count). The average Bonchev–Trinajstić information content (AvgIpc) is 2.91. The van der Waals surface area contributed by atoms with Gasteiger partial charge in [0.1, 0.15) is 6.04 Å². The highest BCUT2D eigenvalue weighted by atomic mass is 32.1. The lowest BCUT2D eigenvalue weighted by molar-refractivity contribution is -0.142. The van der Waals surface area contributed by atoms with E-state index in [1.165, 1.54) is 11.3 Å². The minimum absolute atomic E-state index is 0.109. The van der Waals surface area contributed by atoms with Gasteiger partial charge in [-0.1, -0.05) is 20.8 Å². The summed E-state index contributed by atoms with van der Waals surface area (Å²) in [6.45, 7) is 5.50. The van der Waals surface area contributed by atoms with Crippen molar-refractivity contribution >= 4 is 29.1 Å². The molecule has 3 N–H and O–H groups in total. The molecule has 0 aliphatic rings. The summed E-state index contributed by atoms with van der Waals surface area (Å²) in [7, 11) is 0. The van der Waals surface area contributed by atoms with Crippen LogP contribution < -0.4 is 10.6 Å². The highest BCUT2D eigenvalue weighted by Crippen LogP contribution is 2.10. The molecule has 0 saturated heterocycles. The number of carbonyl (C=O) groups is 3. The molecule has 2 amide bonds.